The van der Waals surface area contributed by atoms with Crippen molar-refractivity contribution in [3.05, 3.63) is 24.3 Å². The fourth-order valence-corrected chi connectivity index (χ4v) is 2.53. The number of phenols is 1. The Kier molecular flexibility index (Phi) is 4.92. The number of aromatic hydroxyl groups is 1. The second-order valence-corrected chi connectivity index (χ2v) is 5.76. The molecule has 6 heteroatoms. The molecule has 0 saturated heterocycles. The number of hydrogen-bond acceptors (Lipinski definition) is 4. The third-order valence-corrected chi connectivity index (χ3v) is 3.74. The third kappa shape index (κ3) is 4.33. The van der Waals surface area contributed by atoms with Crippen molar-refractivity contribution >= 4 is 10.0 Å². The predicted octanol–water partition coefficient (Wildman–Crippen LogP) is 0.622. The number of rotatable bonds is 6. The Morgan fingerprint density at radius 2 is 1.94 bits per heavy atom. The average Bonchev–Trinajstić information content (AvgIpc) is 2.24. The minimum Gasteiger partial charge on any atom is -0.507 e. The molecular weight excluding hydrogens is 240 g/mol. The van der Waals surface area contributed by atoms with Gasteiger partial charge >= 0.3 is 0 Å². The second-order valence-electron chi connectivity index (χ2n) is 4.02. The number of benzene rings is 1. The van der Waals surface area contributed by atoms with Gasteiger partial charge in [-0.25, -0.2) is 13.1 Å². The second kappa shape index (κ2) is 6.00. The zero-order chi connectivity index (χ0) is 12.9. The number of nitrogens with zero attached hydrogens (tertiary/aromatic N) is 1. The fraction of sp³-hybridized carbons (Fsp3) is 0.455. The van der Waals surface area contributed by atoms with Crippen molar-refractivity contribution in [2.75, 3.05) is 27.2 Å². The lowest BCUT2D eigenvalue weighted by atomic mass is 10.3. The molecule has 0 radical (unpaired) electrons. The van der Waals surface area contributed by atoms with Crippen LogP contribution in [-0.4, -0.2) is 45.6 Å². The van der Waals surface area contributed by atoms with E-state index >= 15 is 0 Å². The molecule has 0 aliphatic heterocycles. The molecule has 2 N–H and O–H groups in total. The van der Waals surface area contributed by atoms with E-state index in [1.807, 2.05) is 19.0 Å². The molecule has 96 valence electrons. The van der Waals surface area contributed by atoms with Gasteiger partial charge in [0, 0.05) is 6.54 Å². The van der Waals surface area contributed by atoms with Crippen LogP contribution in [0.25, 0.3) is 0 Å². The van der Waals surface area contributed by atoms with Crippen LogP contribution in [-0.2, 0) is 10.0 Å². The summed E-state index contributed by atoms with van der Waals surface area (Å²) < 4.78 is 26.1. The van der Waals surface area contributed by atoms with Crippen molar-refractivity contribution in [3.63, 3.8) is 0 Å². The van der Waals surface area contributed by atoms with Gasteiger partial charge in [-0.1, -0.05) is 12.1 Å². The summed E-state index contributed by atoms with van der Waals surface area (Å²) in [5.74, 6) is -0.229. The number of sulfonamides is 1. The van der Waals surface area contributed by atoms with Crippen LogP contribution in [0.4, 0.5) is 0 Å². The molecule has 5 nitrogen and oxygen atoms in total. The molecule has 0 aromatic heterocycles. The van der Waals surface area contributed by atoms with Crippen LogP contribution in [0.5, 0.6) is 5.75 Å². The lowest BCUT2D eigenvalue weighted by Crippen LogP contribution is -2.27. The Labute approximate surface area is 102 Å². The molecule has 0 unspecified atom stereocenters. The molecule has 0 amide bonds. The fourth-order valence-electron chi connectivity index (χ4n) is 1.36. The first-order valence-electron chi connectivity index (χ1n) is 5.36. The molecule has 0 heterocycles. The standard InChI is InChI=1S/C11H18N2O3S/c1-13(2)9-5-8-12-17(15,16)11-7-4-3-6-10(11)14/h3-4,6-7,12,14H,5,8-9H2,1-2H3. The van der Waals surface area contributed by atoms with E-state index in [4.69, 9.17) is 0 Å². The molecule has 0 saturated carbocycles. The maximum absolute atomic E-state index is 11.8. The molecule has 1 aromatic rings. The highest BCUT2D eigenvalue weighted by molar-refractivity contribution is 7.89. The minimum absolute atomic E-state index is 0.0788. The van der Waals surface area contributed by atoms with Crippen molar-refractivity contribution in [1.29, 1.82) is 0 Å². The van der Waals surface area contributed by atoms with Gasteiger partial charge in [-0.3, -0.25) is 0 Å². The summed E-state index contributed by atoms with van der Waals surface area (Å²) in [7, 11) is 0.249. The number of nitrogens with one attached hydrogen (secondary N) is 1. The molecule has 0 spiro atoms. The molecule has 0 aliphatic rings. The lowest BCUT2D eigenvalue weighted by Gasteiger charge is -2.10. The van der Waals surface area contributed by atoms with Crippen LogP contribution in [0.15, 0.2) is 29.2 Å². The maximum Gasteiger partial charge on any atom is 0.244 e. The van der Waals surface area contributed by atoms with Crippen LogP contribution in [0.3, 0.4) is 0 Å². The lowest BCUT2D eigenvalue weighted by molar-refractivity contribution is 0.399. The van der Waals surface area contributed by atoms with Crippen molar-refractivity contribution < 1.29 is 13.5 Å². The number of hydrogen-bond donors (Lipinski definition) is 2. The Balaban J connectivity index is 2.61. The first-order valence-corrected chi connectivity index (χ1v) is 6.84. The normalized spacial score (nSPS) is 11.9. The van der Waals surface area contributed by atoms with Gasteiger partial charge in [0.2, 0.25) is 10.0 Å². The van der Waals surface area contributed by atoms with Crippen LogP contribution >= 0.6 is 0 Å². The average molecular weight is 258 g/mol. The van der Waals surface area contributed by atoms with Crippen molar-refractivity contribution in [2.24, 2.45) is 0 Å². The van der Waals surface area contributed by atoms with Crippen LogP contribution < -0.4 is 4.72 Å². The van der Waals surface area contributed by atoms with Gasteiger partial charge < -0.3 is 10.0 Å². The molecule has 0 bridgehead atoms. The largest absolute Gasteiger partial charge is 0.507 e. The zero-order valence-corrected chi connectivity index (χ0v) is 10.9. The Morgan fingerprint density at radius 3 is 2.53 bits per heavy atom. The van der Waals surface area contributed by atoms with Gasteiger partial charge in [-0.2, -0.15) is 0 Å². The van der Waals surface area contributed by atoms with Gasteiger partial charge in [0.05, 0.1) is 0 Å². The summed E-state index contributed by atoms with van der Waals surface area (Å²) in [6.07, 6.45) is 0.722. The third-order valence-electron chi connectivity index (χ3n) is 2.23. The van der Waals surface area contributed by atoms with Crippen LogP contribution in [0, 0.1) is 0 Å². The highest BCUT2D eigenvalue weighted by Crippen LogP contribution is 2.20. The van der Waals surface area contributed by atoms with Gasteiger partial charge in [0.15, 0.2) is 0 Å². The first-order chi connectivity index (χ1) is 7.93. The monoisotopic (exact) mass is 258 g/mol. The molecule has 0 atom stereocenters. The van der Waals surface area contributed by atoms with Crippen LogP contribution in [0.2, 0.25) is 0 Å². The topological polar surface area (TPSA) is 69.6 Å². The minimum atomic E-state index is -3.61. The predicted molar refractivity (Wildman–Crippen MR) is 66.5 cm³/mol. The van der Waals surface area contributed by atoms with E-state index in [2.05, 4.69) is 4.72 Å². The summed E-state index contributed by atoms with van der Waals surface area (Å²) >= 11 is 0. The molecule has 1 rings (SSSR count). The molecule has 0 aliphatic carbocycles. The van der Waals surface area contributed by atoms with Crippen molar-refractivity contribution in [3.8, 4) is 5.75 Å². The maximum atomic E-state index is 11.8. The van der Waals surface area contributed by atoms with Gasteiger partial charge in [0.25, 0.3) is 0 Å². The SMILES string of the molecule is CN(C)CCCNS(=O)(=O)c1ccccc1O. The Morgan fingerprint density at radius 1 is 1.29 bits per heavy atom. The van der Waals surface area contributed by atoms with Gasteiger partial charge in [-0.15, -0.1) is 0 Å². The highest BCUT2D eigenvalue weighted by atomic mass is 32.2. The van der Waals surface area contributed by atoms with E-state index in [-0.39, 0.29) is 10.6 Å². The van der Waals surface area contributed by atoms with Crippen LogP contribution in [0.1, 0.15) is 6.42 Å². The Bertz CT molecular complexity index is 458. The zero-order valence-electron chi connectivity index (χ0n) is 10.0. The summed E-state index contributed by atoms with van der Waals surface area (Å²) in [6.45, 7) is 1.16. The highest BCUT2D eigenvalue weighted by Gasteiger charge is 2.16. The summed E-state index contributed by atoms with van der Waals surface area (Å²) in [5.41, 5.74) is 0. The van der Waals surface area contributed by atoms with E-state index in [0.717, 1.165) is 13.0 Å². The smallest absolute Gasteiger partial charge is 0.244 e. The van der Waals surface area contributed by atoms with Gasteiger partial charge in [-0.05, 0) is 39.2 Å². The molecule has 1 aromatic carbocycles. The van der Waals surface area contributed by atoms with E-state index in [9.17, 15) is 13.5 Å². The van der Waals surface area contributed by atoms with E-state index in [0.29, 0.717) is 6.54 Å². The number of para-hydroxylation sites is 1. The number of phenolic OH excluding ortho intramolecular Hbond substituents is 1. The molecular formula is C11H18N2O3S. The molecule has 0 fully saturated rings. The van der Waals surface area contributed by atoms with E-state index in [1.165, 1.54) is 12.1 Å². The molecule has 17 heavy (non-hydrogen) atoms. The summed E-state index contributed by atoms with van der Waals surface area (Å²) in [6, 6.07) is 5.90. The first kappa shape index (κ1) is 14.0. The van der Waals surface area contributed by atoms with Crippen molar-refractivity contribution in [1.82, 2.24) is 9.62 Å². The quantitative estimate of drug-likeness (QED) is 0.734. The Hall–Kier alpha value is -1.11. The van der Waals surface area contributed by atoms with E-state index in [1.54, 1.807) is 12.1 Å². The van der Waals surface area contributed by atoms with E-state index < -0.39 is 10.0 Å². The van der Waals surface area contributed by atoms with Gasteiger partial charge in [0.1, 0.15) is 10.6 Å². The van der Waals surface area contributed by atoms with Crippen molar-refractivity contribution in [2.45, 2.75) is 11.3 Å². The summed E-state index contributed by atoms with van der Waals surface area (Å²) in [5, 5.41) is 9.46. The summed E-state index contributed by atoms with van der Waals surface area (Å²) in [4.78, 5) is 1.90.